The van der Waals surface area contributed by atoms with Crippen LogP contribution in [0.5, 0.6) is 0 Å². The van der Waals surface area contributed by atoms with Gasteiger partial charge in [-0.05, 0) is 0 Å². The van der Waals surface area contributed by atoms with Crippen LogP contribution in [-0.2, 0) is 0 Å². The van der Waals surface area contributed by atoms with Crippen molar-refractivity contribution >= 4 is 47.1 Å². The summed E-state index contributed by atoms with van der Waals surface area (Å²) in [5.41, 5.74) is 0. The summed E-state index contributed by atoms with van der Waals surface area (Å²) in [6, 6.07) is 0. The average molecular weight is 320 g/mol. The van der Waals surface area contributed by atoms with E-state index in [4.69, 9.17) is 0 Å². The Morgan fingerprint density at radius 3 is 1.50 bits per heavy atom. The number of hydrogen-bond donors (Lipinski definition) is 0. The first-order valence-corrected chi connectivity index (χ1v) is 15.2. The second-order valence-electron chi connectivity index (χ2n) is 0.291. The van der Waals surface area contributed by atoms with Crippen molar-refractivity contribution in [1.29, 1.82) is 0 Å². The zero-order chi connectivity index (χ0) is 3.58. The van der Waals surface area contributed by atoms with Crippen LogP contribution in [0.4, 0.5) is 0 Å². The summed E-state index contributed by atoms with van der Waals surface area (Å²) in [5.74, 6) is 0. The standard InChI is InChI=1S/H4I2P2/c1-2(3)4/h3-4H2. The molecule has 2 unspecified atom stereocenters. The summed E-state index contributed by atoms with van der Waals surface area (Å²) in [5, 5.41) is 0. The third-order valence-corrected chi connectivity index (χ3v) is 0. The number of rotatable bonds is 0. The van der Waals surface area contributed by atoms with Gasteiger partial charge < -0.3 is 0 Å². The zero-order valence-corrected chi connectivity index (χ0v) is 8.54. The van der Waals surface area contributed by atoms with Gasteiger partial charge in [0, 0.05) is 0 Å². The van der Waals surface area contributed by atoms with Crippen LogP contribution in [-0.4, -0.2) is 0 Å². The van der Waals surface area contributed by atoms with E-state index in [1.807, 2.05) is 0 Å². The molecule has 0 N–H and O–H groups in total. The van der Waals surface area contributed by atoms with Crippen LogP contribution in [0.1, 0.15) is 0 Å². The Labute approximate surface area is 46.5 Å². The van der Waals surface area contributed by atoms with Crippen LogP contribution >= 0.6 is 47.1 Å². The molecule has 0 fully saturated rings. The van der Waals surface area contributed by atoms with Gasteiger partial charge in [-0.1, -0.05) is 0 Å². The van der Waals surface area contributed by atoms with E-state index in [-0.39, 0.29) is 0 Å². The summed E-state index contributed by atoms with van der Waals surface area (Å²) in [6.45, 7) is 5.53. The first kappa shape index (κ1) is 6.32. The normalized spacial score (nSPS) is 11.2. The molecule has 0 aromatic carbocycles. The van der Waals surface area contributed by atoms with Crippen molar-refractivity contribution in [2.75, 3.05) is 0 Å². The summed E-state index contributed by atoms with van der Waals surface area (Å²) in [4.78, 5) is 0. The Bertz CT molecular complexity index is 8.75. The van der Waals surface area contributed by atoms with Gasteiger partial charge in [0.05, 0.1) is 0 Å². The van der Waals surface area contributed by atoms with Crippen LogP contribution in [0, 0.1) is 0 Å². The fourth-order valence-electron chi connectivity index (χ4n) is 0. The molecule has 2 atom stereocenters. The molecule has 0 nitrogen and oxygen atoms in total. The van der Waals surface area contributed by atoms with E-state index in [0.717, 1.165) is 0 Å². The maximum atomic E-state index is 2.76. The van der Waals surface area contributed by atoms with Crippen LogP contribution in [0.2, 0.25) is 0 Å². The van der Waals surface area contributed by atoms with Crippen LogP contribution < -0.4 is 0 Å². The van der Waals surface area contributed by atoms with Gasteiger partial charge in [0.15, 0.2) is 0 Å². The third kappa shape index (κ3) is 8.85. The topological polar surface area (TPSA) is 0 Å². The van der Waals surface area contributed by atoms with Gasteiger partial charge in [-0.3, -0.25) is 0 Å². The van der Waals surface area contributed by atoms with E-state index in [1.54, 1.807) is 0 Å². The summed E-state index contributed by atoms with van der Waals surface area (Å²) in [6.07, 6.45) is 0. The third-order valence-electron chi connectivity index (χ3n) is 0. The van der Waals surface area contributed by atoms with E-state index in [0.29, 0.717) is 0 Å². The number of halogens is 2. The molecule has 0 aliphatic rings. The molecule has 4 heteroatoms. The molecule has 0 saturated carbocycles. The molecular formula is H4I2P2. The SMILES string of the molecule is PI(P)I. The summed E-state index contributed by atoms with van der Waals surface area (Å²) in [7, 11) is 0. The van der Waals surface area contributed by atoms with Gasteiger partial charge in [-0.25, -0.2) is 0 Å². The quantitative estimate of drug-likeness (QED) is 0.475. The Kier molecular flexibility index (Phi) is 5.54. The average Bonchev–Trinajstić information content (AvgIpc) is 0.811. The van der Waals surface area contributed by atoms with Crippen molar-refractivity contribution in [1.82, 2.24) is 0 Å². The van der Waals surface area contributed by atoms with Gasteiger partial charge in [-0.2, -0.15) is 0 Å². The Morgan fingerprint density at radius 1 is 1.50 bits per heavy atom. The van der Waals surface area contributed by atoms with E-state index in [2.05, 4.69) is 32.4 Å². The molecule has 28 valence electrons. The minimum atomic E-state index is -0.460. The molecule has 0 amide bonds. The van der Waals surface area contributed by atoms with Crippen LogP contribution in [0.3, 0.4) is 0 Å². The predicted octanol–water partition coefficient (Wildman–Crippen LogP) is 2.42. The molecule has 0 rings (SSSR count). The molecule has 0 aliphatic carbocycles. The van der Waals surface area contributed by atoms with Crippen molar-refractivity contribution in [3.05, 3.63) is 0 Å². The Hall–Kier alpha value is 2.32. The van der Waals surface area contributed by atoms with E-state index in [1.165, 1.54) is 0 Å². The fraction of sp³-hybridized carbons (Fsp3) is 0. The van der Waals surface area contributed by atoms with Gasteiger partial charge in [0.2, 0.25) is 0 Å². The molecule has 0 heterocycles. The van der Waals surface area contributed by atoms with Crippen LogP contribution in [0.25, 0.3) is 0 Å². The molecule has 0 radical (unpaired) electrons. The molecule has 4 heavy (non-hydrogen) atoms. The van der Waals surface area contributed by atoms with Crippen molar-refractivity contribution in [3.63, 3.8) is 0 Å². The molecule has 0 aromatic rings. The van der Waals surface area contributed by atoms with Crippen molar-refractivity contribution in [2.45, 2.75) is 0 Å². The molecular weight excluding hydrogens is 316 g/mol. The molecule has 0 saturated heterocycles. The zero-order valence-electron chi connectivity index (χ0n) is 1.91. The minimum absolute atomic E-state index is 0.460. The Balaban J connectivity index is 2.32. The number of hydrogen-bond acceptors (Lipinski definition) is 0. The van der Waals surface area contributed by atoms with Crippen LogP contribution in [0.15, 0.2) is 0 Å². The maximum absolute atomic E-state index is 2.76. The summed E-state index contributed by atoms with van der Waals surface area (Å²) < 4.78 is 0. The first-order chi connectivity index (χ1) is 1.73. The van der Waals surface area contributed by atoms with Crippen molar-refractivity contribution in [3.8, 4) is 0 Å². The monoisotopic (exact) mass is 320 g/mol. The van der Waals surface area contributed by atoms with E-state index >= 15 is 0 Å². The Morgan fingerprint density at radius 2 is 1.50 bits per heavy atom. The van der Waals surface area contributed by atoms with Gasteiger partial charge in [0.1, 0.15) is 0 Å². The second-order valence-corrected chi connectivity index (χ2v) is 29.9. The van der Waals surface area contributed by atoms with Gasteiger partial charge >= 0.3 is 47.1 Å². The first-order valence-electron chi connectivity index (χ1n) is 0.579. The van der Waals surface area contributed by atoms with Crippen molar-refractivity contribution < 1.29 is 0 Å². The van der Waals surface area contributed by atoms with Gasteiger partial charge in [-0.15, -0.1) is 0 Å². The molecule has 0 aromatic heterocycles. The van der Waals surface area contributed by atoms with Crippen molar-refractivity contribution in [2.24, 2.45) is 0 Å². The summed E-state index contributed by atoms with van der Waals surface area (Å²) >= 11 is 1.97. The molecule has 0 bridgehead atoms. The molecule has 0 aliphatic heterocycles. The van der Waals surface area contributed by atoms with Gasteiger partial charge in [0.25, 0.3) is 0 Å². The van der Waals surface area contributed by atoms with E-state index < -0.39 is 14.7 Å². The fourth-order valence-corrected chi connectivity index (χ4v) is 0. The predicted molar refractivity (Wildman–Crippen MR) is 47.5 cm³/mol. The second kappa shape index (κ2) is 3.51. The van der Waals surface area contributed by atoms with E-state index in [9.17, 15) is 0 Å². The molecule has 0 spiro atoms.